The van der Waals surface area contributed by atoms with E-state index >= 15 is 0 Å². The molecule has 1 aromatic rings. The van der Waals surface area contributed by atoms with Crippen LogP contribution in [0, 0.1) is 3.70 Å². The molecule has 1 aromatic heterocycles. The van der Waals surface area contributed by atoms with Crippen LogP contribution in [0.2, 0.25) is 0 Å². The van der Waals surface area contributed by atoms with Gasteiger partial charge in [-0.1, -0.05) is 6.07 Å². The monoisotopic (exact) mass is 396 g/mol. The molecule has 1 aliphatic rings. The maximum absolute atomic E-state index is 11.8. The van der Waals surface area contributed by atoms with Crippen molar-refractivity contribution in [3.05, 3.63) is 27.6 Å². The summed E-state index contributed by atoms with van der Waals surface area (Å²) in [6.07, 6.45) is 4.91. The molecule has 1 aliphatic heterocycles. The Bertz CT molecular complexity index is 512. The van der Waals surface area contributed by atoms with E-state index in [1.807, 2.05) is 12.1 Å². The van der Waals surface area contributed by atoms with Crippen LogP contribution in [0.3, 0.4) is 0 Å². The second-order valence-electron chi connectivity index (χ2n) is 4.68. The van der Waals surface area contributed by atoms with Crippen molar-refractivity contribution in [2.75, 3.05) is 19.4 Å². The van der Waals surface area contributed by atoms with Gasteiger partial charge in [-0.25, -0.2) is 13.4 Å². The minimum atomic E-state index is -3.24. The number of pyridine rings is 1. The van der Waals surface area contributed by atoms with E-state index in [1.165, 1.54) is 10.6 Å². The lowest BCUT2D eigenvalue weighted by Crippen LogP contribution is -2.36. The summed E-state index contributed by atoms with van der Waals surface area (Å²) in [5.41, 5.74) is 0.892. The van der Waals surface area contributed by atoms with Crippen LogP contribution >= 0.6 is 22.6 Å². The zero-order chi connectivity index (χ0) is 13.9. The number of hydrogen-bond acceptors (Lipinski definition) is 4. The molecule has 0 saturated carbocycles. The zero-order valence-corrected chi connectivity index (χ0v) is 13.7. The smallest absolute Gasteiger partial charge is 0.211 e. The van der Waals surface area contributed by atoms with E-state index in [-0.39, 0.29) is 6.10 Å². The van der Waals surface area contributed by atoms with E-state index < -0.39 is 10.0 Å². The summed E-state index contributed by atoms with van der Waals surface area (Å²) < 4.78 is 31.6. The molecule has 0 N–H and O–H groups in total. The van der Waals surface area contributed by atoms with Gasteiger partial charge in [-0.15, -0.1) is 0 Å². The second-order valence-corrected chi connectivity index (χ2v) is 7.77. The Morgan fingerprint density at radius 2 is 2.32 bits per heavy atom. The van der Waals surface area contributed by atoms with Crippen LogP contribution in [0.25, 0.3) is 0 Å². The predicted octanol–water partition coefficient (Wildman–Crippen LogP) is 1.63. The van der Waals surface area contributed by atoms with E-state index in [4.69, 9.17) is 4.74 Å². The molecule has 0 unspecified atom stereocenters. The third-order valence-electron chi connectivity index (χ3n) is 3.05. The van der Waals surface area contributed by atoms with Crippen LogP contribution in [0.1, 0.15) is 18.4 Å². The first kappa shape index (κ1) is 15.1. The SMILES string of the molecule is CS(=O)(=O)N(Cc1ccc(I)nc1)C[C@H]1CCCO1. The third kappa shape index (κ3) is 4.66. The van der Waals surface area contributed by atoms with E-state index in [1.54, 1.807) is 6.20 Å². The number of aromatic nitrogens is 1. The Morgan fingerprint density at radius 1 is 1.53 bits per heavy atom. The molecule has 0 bridgehead atoms. The predicted molar refractivity (Wildman–Crippen MR) is 81.2 cm³/mol. The van der Waals surface area contributed by atoms with Gasteiger partial charge in [0.2, 0.25) is 10.0 Å². The fraction of sp³-hybridized carbons (Fsp3) is 0.583. The quantitative estimate of drug-likeness (QED) is 0.561. The van der Waals surface area contributed by atoms with Crippen molar-refractivity contribution in [3.8, 4) is 0 Å². The maximum atomic E-state index is 11.8. The lowest BCUT2D eigenvalue weighted by molar-refractivity contribution is 0.0927. The van der Waals surface area contributed by atoms with Crippen molar-refractivity contribution >= 4 is 32.6 Å². The molecule has 0 radical (unpaired) electrons. The average molecular weight is 396 g/mol. The van der Waals surface area contributed by atoms with Crippen LogP contribution in [-0.4, -0.2) is 43.2 Å². The number of ether oxygens (including phenoxy) is 1. The van der Waals surface area contributed by atoms with Gasteiger partial charge in [0.1, 0.15) is 3.70 Å². The molecule has 2 rings (SSSR count). The van der Waals surface area contributed by atoms with Gasteiger partial charge < -0.3 is 4.74 Å². The van der Waals surface area contributed by atoms with Crippen molar-refractivity contribution < 1.29 is 13.2 Å². The standard InChI is InChI=1S/C12H17IN2O3S/c1-19(16,17)15(9-11-3-2-6-18-11)8-10-4-5-12(13)14-7-10/h4-5,7,11H,2-3,6,8-9H2,1H3/t11-/m1/s1. The summed E-state index contributed by atoms with van der Waals surface area (Å²) in [4.78, 5) is 4.18. The molecule has 106 valence electrons. The van der Waals surface area contributed by atoms with Gasteiger partial charge in [-0.3, -0.25) is 0 Å². The molecule has 0 aliphatic carbocycles. The molecule has 0 spiro atoms. The van der Waals surface area contributed by atoms with Crippen molar-refractivity contribution in [1.82, 2.24) is 9.29 Å². The Hall–Kier alpha value is -0.250. The van der Waals surface area contributed by atoms with Gasteiger partial charge in [-0.05, 0) is 47.1 Å². The van der Waals surface area contributed by atoms with E-state index in [0.29, 0.717) is 13.1 Å². The lowest BCUT2D eigenvalue weighted by Gasteiger charge is -2.22. The topological polar surface area (TPSA) is 59.5 Å². The van der Waals surface area contributed by atoms with Crippen molar-refractivity contribution in [2.45, 2.75) is 25.5 Å². The first-order valence-corrected chi connectivity index (χ1v) is 9.05. The molecule has 1 fully saturated rings. The number of halogens is 1. The van der Waals surface area contributed by atoms with Crippen LogP contribution in [0.4, 0.5) is 0 Å². The van der Waals surface area contributed by atoms with Gasteiger partial charge in [0.15, 0.2) is 0 Å². The van der Waals surface area contributed by atoms with Gasteiger partial charge in [0, 0.05) is 25.9 Å². The largest absolute Gasteiger partial charge is 0.377 e. The molecule has 2 heterocycles. The van der Waals surface area contributed by atoms with E-state index in [2.05, 4.69) is 27.6 Å². The molecule has 7 heteroatoms. The van der Waals surface area contributed by atoms with Crippen LogP contribution < -0.4 is 0 Å². The number of sulfonamides is 1. The van der Waals surface area contributed by atoms with Crippen LogP contribution in [0.5, 0.6) is 0 Å². The van der Waals surface area contributed by atoms with E-state index in [9.17, 15) is 8.42 Å². The maximum Gasteiger partial charge on any atom is 0.211 e. The molecule has 0 amide bonds. The summed E-state index contributed by atoms with van der Waals surface area (Å²) in [5.74, 6) is 0. The summed E-state index contributed by atoms with van der Waals surface area (Å²) in [5, 5.41) is 0. The van der Waals surface area contributed by atoms with Crippen molar-refractivity contribution in [1.29, 1.82) is 0 Å². The number of rotatable bonds is 5. The molecular formula is C12H17IN2O3S. The second kappa shape index (κ2) is 6.47. The minimum absolute atomic E-state index is 0.0199. The Labute approximate surface area is 127 Å². The Kier molecular flexibility index (Phi) is 5.15. The summed E-state index contributed by atoms with van der Waals surface area (Å²) in [6.45, 7) is 1.50. The highest BCUT2D eigenvalue weighted by atomic mass is 127. The summed E-state index contributed by atoms with van der Waals surface area (Å²) >= 11 is 2.12. The van der Waals surface area contributed by atoms with Crippen LogP contribution in [-0.2, 0) is 21.3 Å². The van der Waals surface area contributed by atoms with E-state index in [0.717, 1.165) is 28.7 Å². The minimum Gasteiger partial charge on any atom is -0.377 e. The molecule has 1 saturated heterocycles. The summed E-state index contributed by atoms with van der Waals surface area (Å²) in [6, 6.07) is 3.78. The van der Waals surface area contributed by atoms with Gasteiger partial charge >= 0.3 is 0 Å². The molecular weight excluding hydrogens is 379 g/mol. The highest BCUT2D eigenvalue weighted by Crippen LogP contribution is 2.17. The molecule has 19 heavy (non-hydrogen) atoms. The summed E-state index contributed by atoms with van der Waals surface area (Å²) in [7, 11) is -3.24. The normalized spacial score (nSPS) is 20.1. The zero-order valence-electron chi connectivity index (χ0n) is 10.8. The average Bonchev–Trinajstić information content (AvgIpc) is 2.83. The number of hydrogen-bond donors (Lipinski definition) is 0. The Balaban J connectivity index is 2.07. The first-order valence-electron chi connectivity index (χ1n) is 6.12. The Morgan fingerprint density at radius 3 is 2.84 bits per heavy atom. The van der Waals surface area contributed by atoms with Crippen LogP contribution in [0.15, 0.2) is 18.3 Å². The highest BCUT2D eigenvalue weighted by Gasteiger charge is 2.24. The van der Waals surface area contributed by atoms with Gasteiger partial charge in [0.25, 0.3) is 0 Å². The van der Waals surface area contributed by atoms with Gasteiger partial charge in [-0.2, -0.15) is 4.31 Å². The lowest BCUT2D eigenvalue weighted by atomic mass is 10.2. The van der Waals surface area contributed by atoms with Gasteiger partial charge in [0.05, 0.1) is 12.4 Å². The fourth-order valence-electron chi connectivity index (χ4n) is 2.04. The molecule has 5 nitrogen and oxygen atoms in total. The fourth-order valence-corrected chi connectivity index (χ4v) is 3.18. The molecule has 1 atom stereocenters. The number of nitrogens with zero attached hydrogens (tertiary/aromatic N) is 2. The molecule has 0 aromatic carbocycles. The highest BCUT2D eigenvalue weighted by molar-refractivity contribution is 14.1. The third-order valence-corrected chi connectivity index (χ3v) is 4.90. The van der Waals surface area contributed by atoms with Crippen molar-refractivity contribution in [2.24, 2.45) is 0 Å². The van der Waals surface area contributed by atoms with Crippen molar-refractivity contribution in [3.63, 3.8) is 0 Å². The first-order chi connectivity index (χ1) is 8.95.